The number of hydrogen-bond acceptors (Lipinski definition) is 2. The maximum absolute atomic E-state index is 4.11. The molecule has 0 N–H and O–H groups in total. The first kappa shape index (κ1) is 9.65. The highest BCUT2D eigenvalue weighted by Crippen LogP contribution is 2.10. The van der Waals surface area contributed by atoms with Gasteiger partial charge in [-0.05, 0) is 19.6 Å². The molecule has 0 spiro atoms. The number of aliphatic imine (C=N–C) groups is 2. The smallest absolute Gasteiger partial charge is 0.0446 e. The van der Waals surface area contributed by atoms with Gasteiger partial charge < -0.3 is 0 Å². The van der Waals surface area contributed by atoms with Crippen LogP contribution in [0, 0.1) is 5.92 Å². The van der Waals surface area contributed by atoms with Crippen LogP contribution in [0.2, 0.25) is 0 Å². The molecule has 0 bridgehead atoms. The number of hydrogen-bond donors (Lipinski definition) is 0. The van der Waals surface area contributed by atoms with Gasteiger partial charge in [0.2, 0.25) is 0 Å². The minimum absolute atomic E-state index is 0.449. The molecule has 0 aromatic rings. The second kappa shape index (κ2) is 6.12. The molecular weight excluding hydrogens is 160 g/mol. The lowest BCUT2D eigenvalue weighted by molar-refractivity contribution is 0.775. The zero-order chi connectivity index (χ0) is 9.36. The van der Waals surface area contributed by atoms with Crippen LogP contribution < -0.4 is 0 Å². The third kappa shape index (κ3) is 4.21. The molecule has 1 atom stereocenters. The Morgan fingerprint density at radius 2 is 2.23 bits per heavy atom. The predicted molar refractivity (Wildman–Crippen MR) is 58.2 cm³/mol. The van der Waals surface area contributed by atoms with Crippen LogP contribution in [0.25, 0.3) is 0 Å². The van der Waals surface area contributed by atoms with Crippen LogP contribution in [-0.4, -0.2) is 12.9 Å². The van der Waals surface area contributed by atoms with Gasteiger partial charge >= 0.3 is 0 Å². The maximum Gasteiger partial charge on any atom is 0.0446 e. The standard InChI is InChI=1S/C11H14N2/c1-12-8-9-13-10-11-6-4-2-3-5-7-11/h2-4,6,8-11H,1,5,7H2/b9-8-,13-10-/t11-/m0/s1. The van der Waals surface area contributed by atoms with Crippen molar-refractivity contribution in [3.8, 4) is 0 Å². The van der Waals surface area contributed by atoms with Gasteiger partial charge in [0.25, 0.3) is 0 Å². The Bertz CT molecular complexity index is 259. The van der Waals surface area contributed by atoms with E-state index in [1.807, 2.05) is 6.21 Å². The summed E-state index contributed by atoms with van der Waals surface area (Å²) in [7, 11) is 0. The molecule has 0 heterocycles. The highest BCUT2D eigenvalue weighted by Gasteiger charge is 2.00. The Morgan fingerprint density at radius 3 is 3.08 bits per heavy atom. The van der Waals surface area contributed by atoms with Crippen molar-refractivity contribution in [3.63, 3.8) is 0 Å². The van der Waals surface area contributed by atoms with Crippen molar-refractivity contribution in [1.29, 1.82) is 0 Å². The van der Waals surface area contributed by atoms with E-state index in [1.165, 1.54) is 0 Å². The summed E-state index contributed by atoms with van der Waals surface area (Å²) in [5, 5.41) is 0. The Balaban J connectivity index is 2.40. The van der Waals surface area contributed by atoms with Gasteiger partial charge in [-0.3, -0.25) is 9.98 Å². The molecule has 2 nitrogen and oxygen atoms in total. The first-order valence-corrected chi connectivity index (χ1v) is 4.41. The van der Waals surface area contributed by atoms with Crippen molar-refractivity contribution in [2.24, 2.45) is 15.9 Å². The minimum Gasteiger partial charge on any atom is -0.271 e. The van der Waals surface area contributed by atoms with Crippen LogP contribution in [0.1, 0.15) is 12.8 Å². The summed E-state index contributed by atoms with van der Waals surface area (Å²) >= 11 is 0. The zero-order valence-electron chi connectivity index (χ0n) is 7.63. The largest absolute Gasteiger partial charge is 0.271 e. The molecule has 2 heteroatoms. The quantitative estimate of drug-likeness (QED) is 0.588. The summed E-state index contributed by atoms with van der Waals surface area (Å²) in [5.41, 5.74) is 0. The summed E-state index contributed by atoms with van der Waals surface area (Å²) in [6, 6.07) is 0. The lowest BCUT2D eigenvalue weighted by Crippen LogP contribution is -1.95. The van der Waals surface area contributed by atoms with Gasteiger partial charge in [0.1, 0.15) is 0 Å². The summed E-state index contributed by atoms with van der Waals surface area (Å²) in [6.07, 6.45) is 15.9. The minimum atomic E-state index is 0.449. The van der Waals surface area contributed by atoms with Gasteiger partial charge in [0.15, 0.2) is 0 Å². The van der Waals surface area contributed by atoms with Gasteiger partial charge in [-0.2, -0.15) is 0 Å². The fourth-order valence-electron chi connectivity index (χ4n) is 1.14. The van der Waals surface area contributed by atoms with Crippen LogP contribution in [0.4, 0.5) is 0 Å². The first-order valence-electron chi connectivity index (χ1n) is 4.41. The molecule has 13 heavy (non-hydrogen) atoms. The normalized spacial score (nSPS) is 22.6. The molecule has 1 aliphatic carbocycles. The summed E-state index contributed by atoms with van der Waals surface area (Å²) in [6.45, 7) is 3.33. The molecular formula is C11H14N2. The van der Waals surface area contributed by atoms with Gasteiger partial charge in [-0.15, -0.1) is 0 Å². The van der Waals surface area contributed by atoms with Crippen LogP contribution in [-0.2, 0) is 0 Å². The molecule has 0 aliphatic heterocycles. The monoisotopic (exact) mass is 174 g/mol. The molecule has 0 fully saturated rings. The van der Waals surface area contributed by atoms with E-state index in [4.69, 9.17) is 0 Å². The van der Waals surface area contributed by atoms with Crippen LogP contribution in [0.15, 0.2) is 46.7 Å². The van der Waals surface area contributed by atoms with E-state index in [0.29, 0.717) is 5.92 Å². The van der Waals surface area contributed by atoms with Crippen LogP contribution in [0.3, 0.4) is 0 Å². The van der Waals surface area contributed by atoms with Crippen molar-refractivity contribution >= 4 is 12.9 Å². The number of rotatable bonds is 3. The molecule has 1 rings (SSSR count). The Hall–Kier alpha value is -1.44. The second-order valence-corrected chi connectivity index (χ2v) is 2.83. The molecule has 0 saturated heterocycles. The Kier molecular flexibility index (Phi) is 4.54. The SMILES string of the molecule is C=N/C=C\N=C/[C@H]1C=CC=CCC1. The van der Waals surface area contributed by atoms with Gasteiger partial charge in [0, 0.05) is 24.5 Å². The highest BCUT2D eigenvalue weighted by molar-refractivity contribution is 5.64. The molecule has 0 unspecified atom stereocenters. The van der Waals surface area contributed by atoms with E-state index in [0.717, 1.165) is 12.8 Å². The van der Waals surface area contributed by atoms with Crippen molar-refractivity contribution in [3.05, 3.63) is 36.7 Å². The first-order chi connectivity index (χ1) is 6.43. The van der Waals surface area contributed by atoms with E-state index in [-0.39, 0.29) is 0 Å². The van der Waals surface area contributed by atoms with E-state index < -0.39 is 0 Å². The maximum atomic E-state index is 4.11. The molecule has 0 saturated carbocycles. The van der Waals surface area contributed by atoms with Gasteiger partial charge in [-0.1, -0.05) is 24.3 Å². The average Bonchev–Trinajstić information content (AvgIpc) is 2.41. The molecule has 0 aromatic carbocycles. The second-order valence-electron chi connectivity index (χ2n) is 2.83. The van der Waals surface area contributed by atoms with Crippen LogP contribution in [0.5, 0.6) is 0 Å². The van der Waals surface area contributed by atoms with E-state index in [1.54, 1.807) is 12.4 Å². The lowest BCUT2D eigenvalue weighted by Gasteiger charge is -2.00. The van der Waals surface area contributed by atoms with Gasteiger partial charge in [-0.25, -0.2) is 0 Å². The van der Waals surface area contributed by atoms with Crippen molar-refractivity contribution in [2.45, 2.75) is 12.8 Å². The highest BCUT2D eigenvalue weighted by atomic mass is 14.7. The molecule has 68 valence electrons. The molecule has 0 amide bonds. The molecule has 0 aromatic heterocycles. The van der Waals surface area contributed by atoms with Crippen molar-refractivity contribution in [2.75, 3.05) is 0 Å². The third-order valence-corrected chi connectivity index (χ3v) is 1.81. The van der Waals surface area contributed by atoms with Crippen molar-refractivity contribution in [1.82, 2.24) is 0 Å². The topological polar surface area (TPSA) is 24.7 Å². The predicted octanol–water partition coefficient (Wildman–Crippen LogP) is 2.75. The number of allylic oxidation sites excluding steroid dienone is 4. The summed E-state index contributed by atoms with van der Waals surface area (Å²) in [5.74, 6) is 0.449. The van der Waals surface area contributed by atoms with Crippen LogP contribution >= 0.6 is 0 Å². The van der Waals surface area contributed by atoms with Gasteiger partial charge in [0.05, 0.1) is 0 Å². The fraction of sp³-hybridized carbons (Fsp3) is 0.273. The van der Waals surface area contributed by atoms with E-state index >= 15 is 0 Å². The lowest BCUT2D eigenvalue weighted by atomic mass is 10.1. The average molecular weight is 174 g/mol. The Morgan fingerprint density at radius 1 is 1.31 bits per heavy atom. The van der Waals surface area contributed by atoms with E-state index in [9.17, 15) is 0 Å². The molecule has 1 aliphatic rings. The van der Waals surface area contributed by atoms with E-state index in [2.05, 4.69) is 41.0 Å². The van der Waals surface area contributed by atoms with Crippen molar-refractivity contribution < 1.29 is 0 Å². The summed E-state index contributed by atoms with van der Waals surface area (Å²) < 4.78 is 0. The fourth-order valence-corrected chi connectivity index (χ4v) is 1.14. The Labute approximate surface area is 79.1 Å². The zero-order valence-corrected chi connectivity index (χ0v) is 7.63. The third-order valence-electron chi connectivity index (χ3n) is 1.81. The molecule has 0 radical (unpaired) electrons. The number of nitrogens with zero attached hydrogens (tertiary/aromatic N) is 2. The summed E-state index contributed by atoms with van der Waals surface area (Å²) in [4.78, 5) is 7.67.